The van der Waals surface area contributed by atoms with Gasteiger partial charge >= 0.3 is 0 Å². The van der Waals surface area contributed by atoms with Gasteiger partial charge < -0.3 is 0 Å². The molecule has 104 valence electrons. The third kappa shape index (κ3) is 1.99. The number of thioether (sulfide) groups is 1. The van der Waals surface area contributed by atoms with Crippen molar-refractivity contribution in [2.24, 2.45) is 5.92 Å². The van der Waals surface area contributed by atoms with E-state index in [9.17, 15) is 9.59 Å². The molecular weight excluding hydrogens is 270 g/mol. The molecule has 4 heteroatoms. The number of fused-ring (bicyclic) bond motifs is 3. The van der Waals surface area contributed by atoms with Crippen LogP contribution in [0.3, 0.4) is 0 Å². The maximum Gasteiger partial charge on any atom is 0.228 e. The van der Waals surface area contributed by atoms with E-state index in [4.69, 9.17) is 0 Å². The fraction of sp³-hybridized carbons (Fsp3) is 0.375. The van der Waals surface area contributed by atoms with E-state index in [1.165, 1.54) is 6.92 Å². The Bertz CT molecular complexity index is 702. The molecule has 0 radical (unpaired) electrons. The lowest BCUT2D eigenvalue weighted by Gasteiger charge is -2.21. The minimum Gasteiger partial charge on any atom is -0.292 e. The van der Waals surface area contributed by atoms with Gasteiger partial charge in [-0.2, -0.15) is 11.8 Å². The van der Waals surface area contributed by atoms with Crippen molar-refractivity contribution in [3.8, 4) is 0 Å². The van der Waals surface area contributed by atoms with Crippen molar-refractivity contribution in [3.05, 3.63) is 35.5 Å². The first-order chi connectivity index (χ1) is 9.63. The third-order valence-corrected chi connectivity index (χ3v) is 4.73. The van der Waals surface area contributed by atoms with Gasteiger partial charge in [0.05, 0.1) is 11.2 Å². The molecule has 0 spiro atoms. The predicted octanol–water partition coefficient (Wildman–Crippen LogP) is 3.41. The molecule has 0 saturated heterocycles. The van der Waals surface area contributed by atoms with Crippen LogP contribution in [0, 0.1) is 5.92 Å². The number of aromatic nitrogens is 1. The van der Waals surface area contributed by atoms with Crippen LogP contribution < -0.4 is 0 Å². The zero-order chi connectivity index (χ0) is 14.3. The first-order valence-electron chi connectivity index (χ1n) is 6.79. The van der Waals surface area contributed by atoms with E-state index in [0.29, 0.717) is 18.0 Å². The number of Topliss-reactive ketones (excluding diaryl/α,β-unsaturated/α-hetero) is 1. The molecule has 1 aromatic heterocycles. The molecule has 0 bridgehead atoms. The van der Waals surface area contributed by atoms with Gasteiger partial charge in [0.2, 0.25) is 5.91 Å². The molecule has 1 aliphatic carbocycles. The van der Waals surface area contributed by atoms with E-state index in [-0.39, 0.29) is 11.7 Å². The Morgan fingerprint density at radius 1 is 1.35 bits per heavy atom. The van der Waals surface area contributed by atoms with Crippen LogP contribution in [0.2, 0.25) is 0 Å². The van der Waals surface area contributed by atoms with Crippen molar-refractivity contribution in [1.29, 1.82) is 0 Å². The molecule has 1 unspecified atom stereocenters. The number of carbonyl (C=O) groups excluding carboxylic acids is 2. The highest BCUT2D eigenvalue weighted by atomic mass is 32.2. The van der Waals surface area contributed by atoms with E-state index in [1.54, 1.807) is 16.3 Å². The van der Waals surface area contributed by atoms with Gasteiger partial charge in [0.15, 0.2) is 5.78 Å². The Hall–Kier alpha value is -1.55. The standard InChI is InChI=1S/C16H17NO2S/c1-10(18)17-14-6-4-3-5-12(14)13-7-11(9-20-2)8-15(19)16(13)17/h3-6,11H,7-9H2,1-2H3. The van der Waals surface area contributed by atoms with Gasteiger partial charge in [-0.15, -0.1) is 0 Å². The summed E-state index contributed by atoms with van der Waals surface area (Å²) in [6, 6.07) is 7.82. The molecular formula is C16H17NO2S. The summed E-state index contributed by atoms with van der Waals surface area (Å²) in [6.45, 7) is 1.52. The first kappa shape index (κ1) is 13.4. The molecule has 0 N–H and O–H groups in total. The third-order valence-electron chi connectivity index (χ3n) is 3.93. The lowest BCUT2D eigenvalue weighted by atomic mass is 9.86. The molecule has 1 aromatic carbocycles. The van der Waals surface area contributed by atoms with E-state index < -0.39 is 0 Å². The van der Waals surface area contributed by atoms with Gasteiger partial charge in [-0.3, -0.25) is 14.2 Å². The summed E-state index contributed by atoms with van der Waals surface area (Å²) in [7, 11) is 0. The number of hydrogen-bond donors (Lipinski definition) is 0. The number of rotatable bonds is 2. The highest BCUT2D eigenvalue weighted by Gasteiger charge is 2.31. The topological polar surface area (TPSA) is 39.1 Å². The molecule has 0 fully saturated rings. The lowest BCUT2D eigenvalue weighted by Crippen LogP contribution is -2.25. The van der Waals surface area contributed by atoms with Crippen LogP contribution in [-0.2, 0) is 6.42 Å². The van der Waals surface area contributed by atoms with Crippen LogP contribution in [0.15, 0.2) is 24.3 Å². The maximum atomic E-state index is 12.5. The summed E-state index contributed by atoms with van der Waals surface area (Å²) in [4.78, 5) is 24.4. The SMILES string of the molecule is CSCC1CC(=O)c2c(c3ccccc3n2C(C)=O)C1. The van der Waals surface area contributed by atoms with Crippen LogP contribution in [0.1, 0.15) is 34.2 Å². The Morgan fingerprint density at radius 3 is 2.80 bits per heavy atom. The van der Waals surface area contributed by atoms with Gasteiger partial charge in [-0.05, 0) is 36.0 Å². The molecule has 20 heavy (non-hydrogen) atoms. The van der Waals surface area contributed by atoms with Crippen LogP contribution in [0.4, 0.5) is 0 Å². The summed E-state index contributed by atoms with van der Waals surface area (Å²) in [5.41, 5.74) is 2.55. The average molecular weight is 287 g/mol. The monoisotopic (exact) mass is 287 g/mol. The Balaban J connectivity index is 2.25. The quantitative estimate of drug-likeness (QED) is 0.849. The van der Waals surface area contributed by atoms with Gasteiger partial charge in [0, 0.05) is 18.7 Å². The average Bonchev–Trinajstić information content (AvgIpc) is 2.75. The Morgan fingerprint density at radius 2 is 2.10 bits per heavy atom. The van der Waals surface area contributed by atoms with E-state index in [1.807, 2.05) is 24.3 Å². The molecule has 0 saturated carbocycles. The number of para-hydroxylation sites is 1. The van der Waals surface area contributed by atoms with Gasteiger partial charge in [0.25, 0.3) is 0 Å². The van der Waals surface area contributed by atoms with Crippen molar-refractivity contribution in [2.75, 3.05) is 12.0 Å². The van der Waals surface area contributed by atoms with E-state index in [2.05, 4.69) is 6.26 Å². The number of nitrogens with zero attached hydrogens (tertiary/aromatic N) is 1. The van der Waals surface area contributed by atoms with Crippen molar-refractivity contribution < 1.29 is 9.59 Å². The Labute approximate surface area is 122 Å². The fourth-order valence-electron chi connectivity index (χ4n) is 3.21. The number of hydrogen-bond acceptors (Lipinski definition) is 3. The van der Waals surface area contributed by atoms with E-state index >= 15 is 0 Å². The molecule has 1 heterocycles. The molecule has 3 nitrogen and oxygen atoms in total. The minimum atomic E-state index is -0.0842. The first-order valence-corrected chi connectivity index (χ1v) is 8.18. The van der Waals surface area contributed by atoms with Gasteiger partial charge in [-0.25, -0.2) is 0 Å². The van der Waals surface area contributed by atoms with Crippen LogP contribution >= 0.6 is 11.8 Å². The number of ketones is 1. The van der Waals surface area contributed by atoms with E-state index in [0.717, 1.165) is 28.6 Å². The molecule has 3 rings (SSSR count). The van der Waals surface area contributed by atoms with Crippen molar-refractivity contribution in [1.82, 2.24) is 4.57 Å². The summed E-state index contributed by atoms with van der Waals surface area (Å²) < 4.78 is 1.60. The maximum absolute atomic E-state index is 12.5. The van der Waals surface area contributed by atoms with Crippen LogP contribution in [-0.4, -0.2) is 28.3 Å². The minimum absolute atomic E-state index is 0.0842. The van der Waals surface area contributed by atoms with Gasteiger partial charge in [-0.1, -0.05) is 18.2 Å². The van der Waals surface area contributed by atoms with Crippen LogP contribution in [0.25, 0.3) is 10.9 Å². The molecule has 1 aliphatic rings. The highest BCUT2D eigenvalue weighted by molar-refractivity contribution is 7.98. The zero-order valence-corrected chi connectivity index (χ0v) is 12.5. The number of benzene rings is 1. The Kier molecular flexibility index (Phi) is 3.42. The normalized spacial score (nSPS) is 18.3. The van der Waals surface area contributed by atoms with Gasteiger partial charge in [0.1, 0.15) is 0 Å². The molecule has 1 atom stereocenters. The van der Waals surface area contributed by atoms with Crippen molar-refractivity contribution in [2.45, 2.75) is 19.8 Å². The van der Waals surface area contributed by atoms with Crippen LogP contribution in [0.5, 0.6) is 0 Å². The predicted molar refractivity (Wildman–Crippen MR) is 82.8 cm³/mol. The molecule has 2 aromatic rings. The number of carbonyl (C=O) groups is 2. The highest BCUT2D eigenvalue weighted by Crippen LogP contribution is 2.35. The summed E-state index contributed by atoms with van der Waals surface area (Å²) in [5.74, 6) is 1.40. The molecule has 0 amide bonds. The second kappa shape index (κ2) is 5.09. The fourth-order valence-corrected chi connectivity index (χ4v) is 3.91. The summed E-state index contributed by atoms with van der Waals surface area (Å²) in [5, 5.41) is 1.05. The smallest absolute Gasteiger partial charge is 0.228 e. The van der Waals surface area contributed by atoms with Crippen molar-refractivity contribution >= 4 is 34.4 Å². The second-order valence-electron chi connectivity index (χ2n) is 5.35. The van der Waals surface area contributed by atoms with Crippen molar-refractivity contribution in [3.63, 3.8) is 0 Å². The summed E-state index contributed by atoms with van der Waals surface area (Å²) >= 11 is 1.78. The lowest BCUT2D eigenvalue weighted by molar-refractivity contribution is 0.0890. The zero-order valence-electron chi connectivity index (χ0n) is 11.7. The second-order valence-corrected chi connectivity index (χ2v) is 6.26. The largest absolute Gasteiger partial charge is 0.292 e. The summed E-state index contributed by atoms with van der Waals surface area (Å²) in [6.07, 6.45) is 3.51. The molecule has 0 aliphatic heterocycles.